The third kappa shape index (κ3) is 2.99. The lowest BCUT2D eigenvalue weighted by Crippen LogP contribution is -2.45. The second kappa shape index (κ2) is 5.38. The number of halogens is 1. The van der Waals surface area contributed by atoms with E-state index in [1.165, 1.54) is 6.42 Å². The summed E-state index contributed by atoms with van der Waals surface area (Å²) in [4.78, 5) is 12.8. The Morgan fingerprint density at radius 2 is 2.25 bits per heavy atom. The highest BCUT2D eigenvalue weighted by molar-refractivity contribution is 5.85. The van der Waals surface area contributed by atoms with Gasteiger partial charge in [-0.3, -0.25) is 4.79 Å². The first-order valence-electron chi connectivity index (χ1n) is 4.16. The number of hydrogen-bond donors (Lipinski definition) is 1. The molecule has 0 bridgehead atoms. The molecule has 1 fully saturated rings. The molecule has 0 spiro atoms. The van der Waals surface area contributed by atoms with E-state index >= 15 is 0 Å². The summed E-state index contributed by atoms with van der Waals surface area (Å²) in [6.07, 6.45) is 2.32. The molecule has 1 N–H and O–H groups in total. The van der Waals surface area contributed by atoms with Crippen molar-refractivity contribution in [2.45, 2.75) is 25.8 Å². The van der Waals surface area contributed by atoms with Gasteiger partial charge in [0.1, 0.15) is 0 Å². The van der Waals surface area contributed by atoms with Crippen LogP contribution in [-0.4, -0.2) is 37.0 Å². The summed E-state index contributed by atoms with van der Waals surface area (Å²) >= 11 is 0. The van der Waals surface area contributed by atoms with Gasteiger partial charge < -0.3 is 10.2 Å². The van der Waals surface area contributed by atoms with E-state index in [9.17, 15) is 4.79 Å². The van der Waals surface area contributed by atoms with Crippen molar-refractivity contribution in [2.75, 3.05) is 20.1 Å². The molecule has 1 aliphatic rings. The number of carbonyl (C=O) groups is 1. The second-order valence-corrected chi connectivity index (χ2v) is 3.13. The van der Waals surface area contributed by atoms with Crippen LogP contribution in [0.25, 0.3) is 0 Å². The summed E-state index contributed by atoms with van der Waals surface area (Å²) in [5, 5.41) is 3.28. The molecule has 0 unspecified atom stereocenters. The Labute approximate surface area is 79.9 Å². The number of amides is 1. The van der Waals surface area contributed by atoms with Gasteiger partial charge in [-0.1, -0.05) is 0 Å². The molecule has 0 aromatic rings. The number of rotatable bonds is 1. The molecule has 12 heavy (non-hydrogen) atoms. The lowest BCUT2D eigenvalue weighted by molar-refractivity contribution is -0.129. The van der Waals surface area contributed by atoms with Crippen LogP contribution in [0.1, 0.15) is 19.8 Å². The van der Waals surface area contributed by atoms with Crippen molar-refractivity contribution in [3.63, 3.8) is 0 Å². The number of likely N-dealkylation sites (N-methyl/N-ethyl adjacent to an activating group) is 1. The average Bonchev–Trinajstić information content (AvgIpc) is 2.05. The fourth-order valence-electron chi connectivity index (χ4n) is 1.42. The zero-order valence-corrected chi connectivity index (χ0v) is 8.49. The number of nitrogens with zero attached hydrogens (tertiary/aromatic N) is 1. The van der Waals surface area contributed by atoms with Gasteiger partial charge >= 0.3 is 0 Å². The van der Waals surface area contributed by atoms with Crippen LogP contribution in [0.4, 0.5) is 0 Å². The molecule has 4 heteroatoms. The van der Waals surface area contributed by atoms with Gasteiger partial charge in [-0.2, -0.15) is 0 Å². The molecule has 72 valence electrons. The molecule has 0 aromatic carbocycles. The van der Waals surface area contributed by atoms with E-state index in [1.807, 2.05) is 11.9 Å². The van der Waals surface area contributed by atoms with Crippen molar-refractivity contribution in [1.82, 2.24) is 10.2 Å². The molecule has 1 aliphatic heterocycles. The summed E-state index contributed by atoms with van der Waals surface area (Å²) in [7, 11) is 1.88. The maximum Gasteiger partial charge on any atom is 0.219 e. The Bertz CT molecular complexity index is 146. The van der Waals surface area contributed by atoms with E-state index in [4.69, 9.17) is 0 Å². The van der Waals surface area contributed by atoms with Gasteiger partial charge in [-0.25, -0.2) is 0 Å². The number of hydrogen-bond acceptors (Lipinski definition) is 2. The van der Waals surface area contributed by atoms with Crippen LogP contribution >= 0.6 is 12.4 Å². The van der Waals surface area contributed by atoms with Gasteiger partial charge in [0.2, 0.25) is 5.91 Å². The van der Waals surface area contributed by atoms with Crippen LogP contribution in [0, 0.1) is 0 Å². The van der Waals surface area contributed by atoms with E-state index in [2.05, 4.69) is 5.32 Å². The lowest BCUT2D eigenvalue weighted by atomic mass is 10.1. The van der Waals surface area contributed by atoms with Crippen LogP contribution in [0.15, 0.2) is 0 Å². The standard InChI is InChI=1S/C8H16N2O.ClH/c1-7(11)10(2)8-4-3-5-9-6-8;/h8-9H,3-6H2,1-2H3;1H/t8-;/m0./s1. The van der Waals surface area contributed by atoms with E-state index in [1.54, 1.807) is 6.92 Å². The third-order valence-electron chi connectivity index (χ3n) is 2.32. The molecule has 1 heterocycles. The van der Waals surface area contributed by atoms with Gasteiger partial charge in [-0.15, -0.1) is 12.4 Å². The molecular weight excluding hydrogens is 176 g/mol. The highest BCUT2D eigenvalue weighted by atomic mass is 35.5. The van der Waals surface area contributed by atoms with Gasteiger partial charge in [0, 0.05) is 26.6 Å². The fraction of sp³-hybridized carbons (Fsp3) is 0.875. The Morgan fingerprint density at radius 1 is 1.58 bits per heavy atom. The first kappa shape index (κ1) is 11.7. The minimum Gasteiger partial charge on any atom is -0.342 e. The molecule has 1 atom stereocenters. The first-order valence-corrected chi connectivity index (χ1v) is 4.16. The minimum atomic E-state index is 0. The molecule has 0 aliphatic carbocycles. The van der Waals surface area contributed by atoms with Crippen LogP contribution in [0.2, 0.25) is 0 Å². The normalized spacial score (nSPS) is 22.7. The van der Waals surface area contributed by atoms with Crippen molar-refractivity contribution in [3.05, 3.63) is 0 Å². The molecule has 0 saturated carbocycles. The Kier molecular flexibility index (Phi) is 5.25. The monoisotopic (exact) mass is 192 g/mol. The summed E-state index contributed by atoms with van der Waals surface area (Å²) < 4.78 is 0. The summed E-state index contributed by atoms with van der Waals surface area (Å²) in [5.41, 5.74) is 0. The summed E-state index contributed by atoms with van der Waals surface area (Å²) in [6, 6.07) is 0.418. The quantitative estimate of drug-likeness (QED) is 0.662. The predicted octanol–water partition coefficient (Wildman–Crippen LogP) is 0.638. The van der Waals surface area contributed by atoms with Gasteiger partial charge in [0.05, 0.1) is 0 Å². The van der Waals surface area contributed by atoms with Gasteiger partial charge in [0.15, 0.2) is 0 Å². The average molecular weight is 193 g/mol. The zero-order valence-electron chi connectivity index (χ0n) is 7.67. The maximum atomic E-state index is 10.9. The van der Waals surface area contributed by atoms with Gasteiger partial charge in [-0.05, 0) is 19.4 Å². The molecule has 1 rings (SSSR count). The summed E-state index contributed by atoms with van der Waals surface area (Å²) in [5.74, 6) is 0.165. The number of nitrogens with one attached hydrogen (secondary N) is 1. The van der Waals surface area contributed by atoms with Crippen LogP contribution in [0.3, 0.4) is 0 Å². The molecule has 1 amide bonds. The topological polar surface area (TPSA) is 32.3 Å². The Hall–Kier alpha value is -0.280. The van der Waals surface area contributed by atoms with Crippen molar-refractivity contribution >= 4 is 18.3 Å². The minimum absolute atomic E-state index is 0. The first-order chi connectivity index (χ1) is 5.22. The van der Waals surface area contributed by atoms with E-state index in [0.29, 0.717) is 6.04 Å². The summed E-state index contributed by atoms with van der Waals surface area (Å²) in [6.45, 7) is 3.67. The molecule has 0 radical (unpaired) electrons. The second-order valence-electron chi connectivity index (χ2n) is 3.13. The van der Waals surface area contributed by atoms with E-state index in [0.717, 1.165) is 19.5 Å². The van der Waals surface area contributed by atoms with Crippen molar-refractivity contribution in [1.29, 1.82) is 0 Å². The maximum absolute atomic E-state index is 10.9. The zero-order chi connectivity index (χ0) is 8.27. The van der Waals surface area contributed by atoms with Crippen LogP contribution < -0.4 is 5.32 Å². The number of piperidine rings is 1. The van der Waals surface area contributed by atoms with Crippen molar-refractivity contribution in [2.24, 2.45) is 0 Å². The Balaban J connectivity index is 0.00000121. The van der Waals surface area contributed by atoms with Crippen LogP contribution in [-0.2, 0) is 4.79 Å². The van der Waals surface area contributed by atoms with E-state index < -0.39 is 0 Å². The van der Waals surface area contributed by atoms with E-state index in [-0.39, 0.29) is 18.3 Å². The smallest absolute Gasteiger partial charge is 0.219 e. The lowest BCUT2D eigenvalue weighted by Gasteiger charge is -2.30. The van der Waals surface area contributed by atoms with Crippen LogP contribution in [0.5, 0.6) is 0 Å². The Morgan fingerprint density at radius 3 is 2.67 bits per heavy atom. The van der Waals surface area contributed by atoms with Crippen molar-refractivity contribution in [3.8, 4) is 0 Å². The molecule has 0 aromatic heterocycles. The third-order valence-corrected chi connectivity index (χ3v) is 2.32. The van der Waals surface area contributed by atoms with Gasteiger partial charge in [0.25, 0.3) is 0 Å². The van der Waals surface area contributed by atoms with Crippen molar-refractivity contribution < 1.29 is 4.79 Å². The largest absolute Gasteiger partial charge is 0.342 e. The highest BCUT2D eigenvalue weighted by Crippen LogP contribution is 2.07. The SMILES string of the molecule is CC(=O)N(C)[C@H]1CCCNC1.Cl. The highest BCUT2D eigenvalue weighted by Gasteiger charge is 2.18. The molecule has 3 nitrogen and oxygen atoms in total. The predicted molar refractivity (Wildman–Crippen MR) is 51.6 cm³/mol. The molecular formula is C8H17ClN2O. The number of carbonyl (C=O) groups excluding carboxylic acids is 1. The molecule has 1 saturated heterocycles. The fourth-order valence-corrected chi connectivity index (χ4v) is 1.42.